The summed E-state index contributed by atoms with van der Waals surface area (Å²) in [6.45, 7) is 4.18. The van der Waals surface area contributed by atoms with Gasteiger partial charge in [-0.2, -0.15) is 0 Å². The second-order valence-electron chi connectivity index (χ2n) is 5.88. The number of methoxy groups -OCH3 is 1. The van der Waals surface area contributed by atoms with E-state index in [0.717, 1.165) is 24.3 Å². The molecule has 0 unspecified atom stereocenters. The molecule has 1 aliphatic carbocycles. The Morgan fingerprint density at radius 3 is 2.43 bits per heavy atom. The highest BCUT2D eigenvalue weighted by molar-refractivity contribution is 5.70. The van der Waals surface area contributed by atoms with Gasteiger partial charge in [-0.3, -0.25) is 0 Å². The highest BCUT2D eigenvalue weighted by Gasteiger charge is 2.19. The van der Waals surface area contributed by atoms with Crippen LogP contribution in [0.1, 0.15) is 37.1 Å². The van der Waals surface area contributed by atoms with E-state index in [4.69, 9.17) is 9.47 Å². The molecule has 1 saturated carbocycles. The molecule has 1 fully saturated rings. The minimum Gasteiger partial charge on any atom is -0.493 e. The fourth-order valence-corrected chi connectivity index (χ4v) is 3.15. The summed E-state index contributed by atoms with van der Waals surface area (Å²) in [4.78, 5) is 3.36. The second kappa shape index (κ2) is 5.84. The molecular weight excluding hydrogens is 262 g/mol. The van der Waals surface area contributed by atoms with Crippen LogP contribution in [0.4, 0.5) is 0 Å². The normalized spacial score (nSPS) is 15.4. The lowest BCUT2D eigenvalue weighted by Crippen LogP contribution is -2.11. The first-order chi connectivity index (χ1) is 10.2. The Labute approximate surface area is 126 Å². The molecule has 112 valence electrons. The van der Waals surface area contributed by atoms with Crippen LogP contribution in [0.2, 0.25) is 0 Å². The van der Waals surface area contributed by atoms with Gasteiger partial charge in [0.05, 0.1) is 13.2 Å². The number of nitrogens with one attached hydrogen (secondary N) is 1. The predicted octanol–water partition coefficient (Wildman–Crippen LogP) is 4.63. The largest absolute Gasteiger partial charge is 0.493 e. The maximum atomic E-state index is 6.17. The Bertz CT molecular complexity index is 624. The van der Waals surface area contributed by atoms with Gasteiger partial charge in [-0.05, 0) is 63.3 Å². The van der Waals surface area contributed by atoms with Crippen molar-refractivity contribution in [3.8, 4) is 22.6 Å². The molecule has 0 radical (unpaired) electrons. The molecule has 21 heavy (non-hydrogen) atoms. The fourth-order valence-electron chi connectivity index (χ4n) is 3.15. The average Bonchev–Trinajstić information content (AvgIpc) is 3.08. The molecule has 1 N–H and O–H groups in total. The van der Waals surface area contributed by atoms with Crippen LogP contribution >= 0.6 is 0 Å². The quantitative estimate of drug-likeness (QED) is 0.888. The molecule has 3 heteroatoms. The van der Waals surface area contributed by atoms with Crippen LogP contribution in [0.15, 0.2) is 24.3 Å². The summed E-state index contributed by atoms with van der Waals surface area (Å²) in [5, 5.41) is 0. The summed E-state index contributed by atoms with van der Waals surface area (Å²) in [7, 11) is 1.70. The van der Waals surface area contributed by atoms with Gasteiger partial charge in [-0.15, -0.1) is 0 Å². The van der Waals surface area contributed by atoms with Gasteiger partial charge in [-0.1, -0.05) is 6.07 Å². The van der Waals surface area contributed by atoms with Crippen molar-refractivity contribution in [3.05, 3.63) is 35.7 Å². The van der Waals surface area contributed by atoms with Crippen molar-refractivity contribution in [1.82, 2.24) is 4.98 Å². The number of hydrogen-bond donors (Lipinski definition) is 1. The van der Waals surface area contributed by atoms with E-state index in [9.17, 15) is 0 Å². The van der Waals surface area contributed by atoms with Gasteiger partial charge in [0.2, 0.25) is 0 Å². The lowest BCUT2D eigenvalue weighted by atomic mass is 10.1. The molecule has 0 amide bonds. The molecular formula is C18H23NO2. The number of H-pyrrole nitrogens is 1. The molecule has 0 spiro atoms. The highest BCUT2D eigenvalue weighted by atomic mass is 16.5. The van der Waals surface area contributed by atoms with Crippen LogP contribution in [0.25, 0.3) is 11.1 Å². The van der Waals surface area contributed by atoms with E-state index in [1.807, 2.05) is 6.07 Å². The Balaban J connectivity index is 1.93. The zero-order chi connectivity index (χ0) is 14.8. The lowest BCUT2D eigenvalue weighted by Gasteiger charge is -2.17. The zero-order valence-electron chi connectivity index (χ0n) is 13.0. The van der Waals surface area contributed by atoms with Crippen molar-refractivity contribution in [2.75, 3.05) is 7.11 Å². The molecule has 1 aromatic heterocycles. The molecule has 3 nitrogen and oxygen atoms in total. The van der Waals surface area contributed by atoms with Gasteiger partial charge < -0.3 is 14.5 Å². The zero-order valence-corrected chi connectivity index (χ0v) is 13.0. The summed E-state index contributed by atoms with van der Waals surface area (Å²) in [5.41, 5.74) is 4.76. The van der Waals surface area contributed by atoms with Gasteiger partial charge in [0.15, 0.2) is 11.5 Å². The fraction of sp³-hybridized carbons (Fsp3) is 0.444. The van der Waals surface area contributed by atoms with Crippen LogP contribution in [-0.4, -0.2) is 18.2 Å². The van der Waals surface area contributed by atoms with Crippen LogP contribution < -0.4 is 9.47 Å². The monoisotopic (exact) mass is 285 g/mol. The summed E-state index contributed by atoms with van der Waals surface area (Å²) in [6, 6.07) is 8.38. The molecule has 1 aliphatic rings. The number of aryl methyl sites for hydroxylation is 2. The molecule has 0 aliphatic heterocycles. The van der Waals surface area contributed by atoms with Gasteiger partial charge in [0.25, 0.3) is 0 Å². The SMILES string of the molecule is COc1ccc(-c2cc(C)[nH]c2C)cc1OC1CCCC1. The van der Waals surface area contributed by atoms with Crippen molar-refractivity contribution < 1.29 is 9.47 Å². The standard InChI is InChI=1S/C18H23NO2/c1-12-10-16(13(2)19-12)14-8-9-17(20-3)18(11-14)21-15-6-4-5-7-15/h8-11,15,19H,4-7H2,1-3H3. The van der Waals surface area contributed by atoms with E-state index in [0.29, 0.717) is 6.10 Å². The maximum absolute atomic E-state index is 6.17. The van der Waals surface area contributed by atoms with E-state index in [2.05, 4.69) is 37.0 Å². The van der Waals surface area contributed by atoms with E-state index < -0.39 is 0 Å². The van der Waals surface area contributed by atoms with Crippen molar-refractivity contribution in [2.24, 2.45) is 0 Å². The maximum Gasteiger partial charge on any atom is 0.162 e. The summed E-state index contributed by atoms with van der Waals surface area (Å²) in [6.07, 6.45) is 5.17. The molecule has 3 rings (SSSR count). The molecule has 2 aromatic rings. The Morgan fingerprint density at radius 1 is 1.05 bits per heavy atom. The Morgan fingerprint density at radius 2 is 1.81 bits per heavy atom. The van der Waals surface area contributed by atoms with Crippen LogP contribution in [0.5, 0.6) is 11.5 Å². The predicted molar refractivity (Wildman–Crippen MR) is 85.1 cm³/mol. The van der Waals surface area contributed by atoms with Crippen molar-refractivity contribution in [2.45, 2.75) is 45.6 Å². The third kappa shape index (κ3) is 2.92. The van der Waals surface area contributed by atoms with Gasteiger partial charge in [0.1, 0.15) is 0 Å². The summed E-state index contributed by atoms with van der Waals surface area (Å²) < 4.78 is 11.6. The van der Waals surface area contributed by atoms with E-state index >= 15 is 0 Å². The van der Waals surface area contributed by atoms with Gasteiger partial charge in [-0.25, -0.2) is 0 Å². The number of ether oxygens (including phenoxy) is 2. The number of rotatable bonds is 4. The summed E-state index contributed by atoms with van der Waals surface area (Å²) >= 11 is 0. The minimum absolute atomic E-state index is 0.336. The molecule has 0 atom stereocenters. The van der Waals surface area contributed by atoms with Crippen LogP contribution in [0, 0.1) is 13.8 Å². The van der Waals surface area contributed by atoms with Crippen molar-refractivity contribution in [3.63, 3.8) is 0 Å². The smallest absolute Gasteiger partial charge is 0.162 e. The number of aromatic amines is 1. The Kier molecular flexibility index (Phi) is 3.91. The third-order valence-electron chi connectivity index (χ3n) is 4.22. The number of aromatic nitrogens is 1. The third-order valence-corrected chi connectivity index (χ3v) is 4.22. The first kappa shape index (κ1) is 14.1. The topological polar surface area (TPSA) is 34.2 Å². The van der Waals surface area contributed by atoms with Gasteiger partial charge in [0, 0.05) is 17.0 Å². The number of benzene rings is 1. The van der Waals surface area contributed by atoms with Crippen LogP contribution in [-0.2, 0) is 0 Å². The van der Waals surface area contributed by atoms with E-state index in [1.54, 1.807) is 7.11 Å². The first-order valence-electron chi connectivity index (χ1n) is 7.68. The lowest BCUT2D eigenvalue weighted by molar-refractivity contribution is 0.201. The molecule has 0 saturated heterocycles. The van der Waals surface area contributed by atoms with E-state index in [-0.39, 0.29) is 0 Å². The van der Waals surface area contributed by atoms with Crippen molar-refractivity contribution >= 4 is 0 Å². The average molecular weight is 285 g/mol. The second-order valence-corrected chi connectivity index (χ2v) is 5.88. The highest BCUT2D eigenvalue weighted by Crippen LogP contribution is 2.36. The molecule has 1 heterocycles. The Hall–Kier alpha value is -1.90. The van der Waals surface area contributed by atoms with Gasteiger partial charge >= 0.3 is 0 Å². The summed E-state index contributed by atoms with van der Waals surface area (Å²) in [5.74, 6) is 1.68. The molecule has 0 bridgehead atoms. The minimum atomic E-state index is 0.336. The number of hydrogen-bond acceptors (Lipinski definition) is 2. The molecule has 1 aromatic carbocycles. The first-order valence-corrected chi connectivity index (χ1v) is 7.68. The van der Waals surface area contributed by atoms with E-state index in [1.165, 1.54) is 35.4 Å². The van der Waals surface area contributed by atoms with Crippen LogP contribution in [0.3, 0.4) is 0 Å². The van der Waals surface area contributed by atoms with Crippen molar-refractivity contribution in [1.29, 1.82) is 0 Å².